The summed E-state index contributed by atoms with van der Waals surface area (Å²) in [7, 11) is 0. The molecular formula is C16H22N2O2. The van der Waals surface area contributed by atoms with Crippen molar-refractivity contribution in [2.45, 2.75) is 44.2 Å². The van der Waals surface area contributed by atoms with Crippen LogP contribution in [0.4, 0.5) is 5.69 Å². The molecule has 2 atom stereocenters. The Balaban J connectivity index is 1.56. The lowest BCUT2D eigenvalue weighted by Gasteiger charge is -2.28. The van der Waals surface area contributed by atoms with Crippen molar-refractivity contribution in [2.24, 2.45) is 0 Å². The molecule has 0 aromatic heterocycles. The fourth-order valence-corrected chi connectivity index (χ4v) is 3.01. The Bertz CT molecular complexity index is 495. The molecule has 0 radical (unpaired) electrons. The predicted molar refractivity (Wildman–Crippen MR) is 78.8 cm³/mol. The molecule has 1 aromatic carbocycles. The van der Waals surface area contributed by atoms with E-state index < -0.39 is 0 Å². The number of aryl methyl sites for hydroxylation is 1. The van der Waals surface area contributed by atoms with Crippen molar-refractivity contribution in [3.05, 3.63) is 29.8 Å². The number of amides is 1. The highest BCUT2D eigenvalue weighted by atomic mass is 16.5. The van der Waals surface area contributed by atoms with Gasteiger partial charge in [-0.2, -0.15) is 0 Å². The molecule has 0 bridgehead atoms. The zero-order chi connectivity index (χ0) is 14.0. The zero-order valence-corrected chi connectivity index (χ0v) is 11.9. The Morgan fingerprint density at radius 2 is 2.35 bits per heavy atom. The van der Waals surface area contributed by atoms with Gasteiger partial charge < -0.3 is 15.4 Å². The molecule has 2 unspecified atom stereocenters. The molecule has 0 saturated carbocycles. The number of anilines is 1. The molecule has 0 spiro atoms. The second-order valence-electron chi connectivity index (χ2n) is 6.01. The highest BCUT2D eigenvalue weighted by molar-refractivity contribution is 5.85. The number of hydrogen-bond donors (Lipinski definition) is 2. The molecular weight excluding hydrogens is 252 g/mol. The van der Waals surface area contributed by atoms with E-state index in [1.807, 2.05) is 18.2 Å². The second-order valence-corrected chi connectivity index (χ2v) is 6.01. The Morgan fingerprint density at radius 1 is 1.50 bits per heavy atom. The molecule has 2 aliphatic heterocycles. The fraction of sp³-hybridized carbons (Fsp3) is 0.562. The number of fused-ring (bicyclic) bond motifs is 1. The number of para-hydroxylation sites is 1. The molecule has 0 aliphatic carbocycles. The van der Waals surface area contributed by atoms with Crippen molar-refractivity contribution >= 4 is 11.6 Å². The topological polar surface area (TPSA) is 50.4 Å². The lowest BCUT2D eigenvalue weighted by atomic mass is 9.97. The van der Waals surface area contributed by atoms with Crippen LogP contribution in [0.5, 0.6) is 0 Å². The van der Waals surface area contributed by atoms with Crippen LogP contribution in [-0.2, 0) is 16.0 Å². The van der Waals surface area contributed by atoms with Gasteiger partial charge in [0.25, 0.3) is 0 Å². The van der Waals surface area contributed by atoms with E-state index in [9.17, 15) is 4.79 Å². The van der Waals surface area contributed by atoms with E-state index in [1.54, 1.807) is 0 Å². The van der Waals surface area contributed by atoms with Crippen LogP contribution in [0.1, 0.15) is 31.7 Å². The first-order chi connectivity index (χ1) is 9.66. The van der Waals surface area contributed by atoms with E-state index in [0.29, 0.717) is 6.54 Å². The van der Waals surface area contributed by atoms with Gasteiger partial charge >= 0.3 is 0 Å². The maximum absolute atomic E-state index is 12.3. The number of nitrogens with one attached hydrogen (secondary N) is 2. The minimum absolute atomic E-state index is 0.0798. The molecule has 1 fully saturated rings. The summed E-state index contributed by atoms with van der Waals surface area (Å²) < 4.78 is 5.70. The number of ether oxygens (including phenoxy) is 1. The number of benzene rings is 1. The van der Waals surface area contributed by atoms with Gasteiger partial charge in [-0.1, -0.05) is 18.2 Å². The molecule has 2 aliphatic rings. The number of carbonyl (C=O) groups excluding carboxylic acids is 1. The van der Waals surface area contributed by atoms with E-state index in [0.717, 1.165) is 38.0 Å². The molecule has 2 N–H and O–H groups in total. The van der Waals surface area contributed by atoms with Gasteiger partial charge in [0.15, 0.2) is 0 Å². The Labute approximate surface area is 119 Å². The third-order valence-electron chi connectivity index (χ3n) is 4.30. The predicted octanol–water partition coefficient (Wildman–Crippen LogP) is 2.10. The molecule has 1 saturated heterocycles. The van der Waals surface area contributed by atoms with Gasteiger partial charge in [-0.05, 0) is 44.2 Å². The maximum atomic E-state index is 12.3. The minimum atomic E-state index is -0.178. The number of hydrogen-bond acceptors (Lipinski definition) is 3. The van der Waals surface area contributed by atoms with Crippen LogP contribution in [-0.4, -0.2) is 30.7 Å². The molecule has 1 amide bonds. The van der Waals surface area contributed by atoms with Gasteiger partial charge in [0.2, 0.25) is 5.91 Å². The van der Waals surface area contributed by atoms with Crippen LogP contribution >= 0.6 is 0 Å². The standard InChI is InChI=1S/C16H22N2O2/c1-16(9-4-10-20-16)11-17-15(19)14-8-7-12-5-2-3-6-13(12)18-14/h2-3,5-6,14,18H,4,7-11H2,1H3,(H,17,19). The SMILES string of the molecule is CC1(CNC(=O)C2CCc3ccccc3N2)CCCO1. The average molecular weight is 274 g/mol. The first kappa shape index (κ1) is 13.4. The van der Waals surface area contributed by atoms with Crippen molar-refractivity contribution in [1.29, 1.82) is 0 Å². The lowest BCUT2D eigenvalue weighted by molar-refractivity contribution is -0.123. The number of carbonyl (C=O) groups is 1. The monoisotopic (exact) mass is 274 g/mol. The van der Waals surface area contributed by atoms with Crippen LogP contribution in [0, 0.1) is 0 Å². The first-order valence-corrected chi connectivity index (χ1v) is 7.42. The smallest absolute Gasteiger partial charge is 0.242 e. The maximum Gasteiger partial charge on any atom is 0.242 e. The van der Waals surface area contributed by atoms with E-state index >= 15 is 0 Å². The summed E-state index contributed by atoms with van der Waals surface area (Å²) in [5.41, 5.74) is 2.20. The van der Waals surface area contributed by atoms with Crippen molar-refractivity contribution in [3.8, 4) is 0 Å². The third kappa shape index (κ3) is 2.80. The van der Waals surface area contributed by atoms with Gasteiger partial charge in [0, 0.05) is 18.8 Å². The van der Waals surface area contributed by atoms with E-state index in [1.165, 1.54) is 5.56 Å². The molecule has 4 nitrogen and oxygen atoms in total. The lowest BCUT2D eigenvalue weighted by Crippen LogP contribution is -2.47. The highest BCUT2D eigenvalue weighted by Gasteiger charge is 2.31. The van der Waals surface area contributed by atoms with Crippen LogP contribution in [0.3, 0.4) is 0 Å². The van der Waals surface area contributed by atoms with Crippen molar-refractivity contribution in [3.63, 3.8) is 0 Å². The van der Waals surface area contributed by atoms with Gasteiger partial charge in [-0.25, -0.2) is 0 Å². The summed E-state index contributed by atoms with van der Waals surface area (Å²) in [6.45, 7) is 3.48. The van der Waals surface area contributed by atoms with Crippen LogP contribution in [0.25, 0.3) is 0 Å². The van der Waals surface area contributed by atoms with Crippen LogP contribution in [0.2, 0.25) is 0 Å². The Kier molecular flexibility index (Phi) is 3.66. The largest absolute Gasteiger partial charge is 0.373 e. The van der Waals surface area contributed by atoms with Crippen molar-refractivity contribution in [2.75, 3.05) is 18.5 Å². The van der Waals surface area contributed by atoms with Gasteiger partial charge in [0.05, 0.1) is 5.60 Å². The quantitative estimate of drug-likeness (QED) is 0.887. The van der Waals surface area contributed by atoms with Crippen molar-refractivity contribution in [1.82, 2.24) is 5.32 Å². The average Bonchev–Trinajstić information content (AvgIpc) is 2.91. The summed E-state index contributed by atoms with van der Waals surface area (Å²) >= 11 is 0. The summed E-state index contributed by atoms with van der Waals surface area (Å²) in [5, 5.41) is 6.37. The van der Waals surface area contributed by atoms with E-state index in [4.69, 9.17) is 4.74 Å². The highest BCUT2D eigenvalue weighted by Crippen LogP contribution is 2.26. The van der Waals surface area contributed by atoms with Gasteiger partial charge in [-0.3, -0.25) is 4.79 Å². The molecule has 2 heterocycles. The van der Waals surface area contributed by atoms with Crippen LogP contribution in [0.15, 0.2) is 24.3 Å². The zero-order valence-electron chi connectivity index (χ0n) is 11.9. The number of rotatable bonds is 3. The van der Waals surface area contributed by atoms with E-state index in [-0.39, 0.29) is 17.6 Å². The normalized spacial score (nSPS) is 28.6. The summed E-state index contributed by atoms with van der Waals surface area (Å²) in [5.74, 6) is 0.0798. The molecule has 3 rings (SSSR count). The fourth-order valence-electron chi connectivity index (χ4n) is 3.01. The summed E-state index contributed by atoms with van der Waals surface area (Å²) in [6.07, 6.45) is 3.91. The molecule has 20 heavy (non-hydrogen) atoms. The van der Waals surface area contributed by atoms with Gasteiger partial charge in [0.1, 0.15) is 6.04 Å². The molecule has 108 valence electrons. The second kappa shape index (κ2) is 5.44. The molecule has 4 heteroatoms. The van der Waals surface area contributed by atoms with Crippen molar-refractivity contribution < 1.29 is 9.53 Å². The minimum Gasteiger partial charge on any atom is -0.373 e. The van der Waals surface area contributed by atoms with Gasteiger partial charge in [-0.15, -0.1) is 0 Å². The first-order valence-electron chi connectivity index (χ1n) is 7.42. The van der Waals surface area contributed by atoms with Crippen LogP contribution < -0.4 is 10.6 Å². The third-order valence-corrected chi connectivity index (χ3v) is 4.30. The summed E-state index contributed by atoms with van der Waals surface area (Å²) in [6, 6.07) is 8.06. The Hall–Kier alpha value is -1.55. The van der Waals surface area contributed by atoms with E-state index in [2.05, 4.69) is 23.6 Å². The summed E-state index contributed by atoms with van der Waals surface area (Å²) in [4.78, 5) is 12.3. The molecule has 1 aromatic rings. The Morgan fingerprint density at radius 3 is 3.15 bits per heavy atom.